The van der Waals surface area contributed by atoms with Crippen molar-refractivity contribution in [3.63, 3.8) is 0 Å². The minimum absolute atomic E-state index is 0.0681. The van der Waals surface area contributed by atoms with Gasteiger partial charge in [-0.3, -0.25) is 14.6 Å². The standard InChI is InChI=1S/C26H30N4O4/c1-26(2)24(32)29(14-18-8-9-20(13-27)23(12-18)34-3)25(33)30(26)17-22(31)16-28-11-10-19-6-4-5-7-21(19)15-28/h4-9,12,22,31H,10-11,14-17H2,1-3H3. The lowest BCUT2D eigenvalue weighted by Gasteiger charge is -2.33. The van der Waals surface area contributed by atoms with Crippen LogP contribution in [-0.2, 0) is 24.3 Å². The van der Waals surface area contributed by atoms with E-state index in [9.17, 15) is 20.0 Å². The van der Waals surface area contributed by atoms with E-state index in [1.807, 2.05) is 12.1 Å². The summed E-state index contributed by atoms with van der Waals surface area (Å²) in [5.74, 6) is 0.0775. The number of rotatable bonds is 7. The quantitative estimate of drug-likeness (QED) is 0.635. The highest BCUT2D eigenvalue weighted by molar-refractivity contribution is 6.06. The second kappa shape index (κ2) is 9.45. The fourth-order valence-corrected chi connectivity index (χ4v) is 4.75. The van der Waals surface area contributed by atoms with Gasteiger partial charge in [-0.15, -0.1) is 0 Å². The molecule has 2 aromatic rings. The maximum Gasteiger partial charge on any atom is 0.328 e. The monoisotopic (exact) mass is 462 g/mol. The third kappa shape index (κ3) is 4.49. The number of methoxy groups -OCH3 is 1. The van der Waals surface area contributed by atoms with Gasteiger partial charge in [0.25, 0.3) is 5.91 Å². The van der Waals surface area contributed by atoms with Gasteiger partial charge in [0.2, 0.25) is 0 Å². The van der Waals surface area contributed by atoms with Crippen molar-refractivity contribution in [1.29, 1.82) is 5.26 Å². The number of ether oxygens (including phenoxy) is 1. The van der Waals surface area contributed by atoms with Gasteiger partial charge < -0.3 is 14.7 Å². The predicted molar refractivity (Wildman–Crippen MR) is 126 cm³/mol. The van der Waals surface area contributed by atoms with Gasteiger partial charge in [0.1, 0.15) is 17.4 Å². The van der Waals surface area contributed by atoms with Crippen molar-refractivity contribution in [1.82, 2.24) is 14.7 Å². The predicted octanol–water partition coefficient (Wildman–Crippen LogP) is 2.53. The van der Waals surface area contributed by atoms with Crippen molar-refractivity contribution in [3.05, 3.63) is 64.7 Å². The van der Waals surface area contributed by atoms with Crippen LogP contribution in [0.2, 0.25) is 0 Å². The summed E-state index contributed by atoms with van der Waals surface area (Å²) in [4.78, 5) is 31.2. The van der Waals surface area contributed by atoms with Crippen LogP contribution in [0, 0.1) is 11.3 Å². The Hall–Kier alpha value is -3.41. The molecule has 4 rings (SSSR count). The molecule has 34 heavy (non-hydrogen) atoms. The van der Waals surface area contributed by atoms with Crippen LogP contribution in [0.4, 0.5) is 4.79 Å². The van der Waals surface area contributed by atoms with E-state index in [0.29, 0.717) is 23.4 Å². The average Bonchev–Trinajstić information content (AvgIpc) is 2.98. The molecule has 1 fully saturated rings. The molecule has 0 saturated carbocycles. The van der Waals surface area contributed by atoms with Crippen molar-refractivity contribution in [2.24, 2.45) is 0 Å². The summed E-state index contributed by atoms with van der Waals surface area (Å²) in [6, 6.07) is 14.9. The van der Waals surface area contributed by atoms with Crippen LogP contribution in [0.25, 0.3) is 0 Å². The number of carbonyl (C=O) groups is 2. The molecular formula is C26H30N4O4. The van der Waals surface area contributed by atoms with E-state index in [2.05, 4.69) is 23.1 Å². The van der Waals surface area contributed by atoms with Crippen LogP contribution in [0.15, 0.2) is 42.5 Å². The number of aliphatic hydroxyl groups excluding tert-OH is 1. The van der Waals surface area contributed by atoms with E-state index in [1.165, 1.54) is 28.0 Å². The number of amides is 3. The molecule has 0 aromatic heterocycles. The summed E-state index contributed by atoms with van der Waals surface area (Å²) in [6.07, 6.45) is 0.147. The van der Waals surface area contributed by atoms with E-state index in [1.54, 1.807) is 32.0 Å². The number of benzene rings is 2. The zero-order valence-corrected chi connectivity index (χ0v) is 19.8. The maximum absolute atomic E-state index is 13.2. The zero-order chi connectivity index (χ0) is 24.5. The van der Waals surface area contributed by atoms with Crippen molar-refractivity contribution in [2.75, 3.05) is 26.7 Å². The van der Waals surface area contributed by atoms with Gasteiger partial charge in [-0.05, 0) is 49.1 Å². The Balaban J connectivity index is 1.43. The highest BCUT2D eigenvalue weighted by atomic mass is 16.5. The third-order valence-electron chi connectivity index (χ3n) is 6.70. The number of hydrogen-bond donors (Lipinski definition) is 1. The zero-order valence-electron chi connectivity index (χ0n) is 19.8. The number of nitriles is 1. The van der Waals surface area contributed by atoms with Gasteiger partial charge in [0, 0.05) is 19.6 Å². The highest BCUT2D eigenvalue weighted by Gasteiger charge is 2.51. The molecule has 178 valence electrons. The van der Waals surface area contributed by atoms with Crippen LogP contribution >= 0.6 is 0 Å². The average molecular weight is 463 g/mol. The summed E-state index contributed by atoms with van der Waals surface area (Å²) in [5.41, 5.74) is 2.60. The van der Waals surface area contributed by atoms with E-state index in [-0.39, 0.29) is 19.0 Å². The molecule has 0 radical (unpaired) electrons. The van der Waals surface area contributed by atoms with E-state index in [0.717, 1.165) is 19.5 Å². The first-order chi connectivity index (χ1) is 16.2. The molecule has 1 saturated heterocycles. The molecule has 3 amide bonds. The van der Waals surface area contributed by atoms with Crippen LogP contribution in [-0.4, -0.2) is 70.1 Å². The summed E-state index contributed by atoms with van der Waals surface area (Å²) >= 11 is 0. The largest absolute Gasteiger partial charge is 0.495 e. The lowest BCUT2D eigenvalue weighted by atomic mass is 9.99. The van der Waals surface area contributed by atoms with Gasteiger partial charge in [-0.25, -0.2) is 4.79 Å². The fraction of sp³-hybridized carbons (Fsp3) is 0.423. The van der Waals surface area contributed by atoms with Crippen LogP contribution in [0.3, 0.4) is 0 Å². The summed E-state index contributed by atoms with van der Waals surface area (Å²) in [7, 11) is 1.47. The number of fused-ring (bicyclic) bond motifs is 1. The second-order valence-corrected chi connectivity index (χ2v) is 9.40. The number of urea groups is 1. The van der Waals surface area contributed by atoms with Gasteiger partial charge in [0.05, 0.1) is 31.9 Å². The second-order valence-electron chi connectivity index (χ2n) is 9.40. The van der Waals surface area contributed by atoms with E-state index >= 15 is 0 Å². The minimum Gasteiger partial charge on any atom is -0.495 e. The number of carbonyl (C=O) groups excluding carboxylic acids is 2. The van der Waals surface area contributed by atoms with Gasteiger partial charge >= 0.3 is 6.03 Å². The molecule has 2 aliphatic heterocycles. The molecule has 1 atom stereocenters. The Morgan fingerprint density at radius 3 is 2.59 bits per heavy atom. The Labute approximate surface area is 199 Å². The van der Waals surface area contributed by atoms with Crippen LogP contribution < -0.4 is 4.74 Å². The number of β-amino-alcohol motifs (C(OH)–C–C–N with tert-alkyl or cyclic N) is 1. The first-order valence-electron chi connectivity index (χ1n) is 11.4. The molecule has 2 aliphatic rings. The van der Waals surface area contributed by atoms with Gasteiger partial charge in [-0.2, -0.15) is 5.26 Å². The Morgan fingerprint density at radius 1 is 1.15 bits per heavy atom. The van der Waals surface area contributed by atoms with Crippen molar-refractivity contribution < 1.29 is 19.4 Å². The van der Waals surface area contributed by atoms with Crippen molar-refractivity contribution in [2.45, 2.75) is 45.0 Å². The number of aliphatic hydroxyl groups is 1. The topological polar surface area (TPSA) is 97.1 Å². The fourth-order valence-electron chi connectivity index (χ4n) is 4.75. The number of imide groups is 1. The number of nitrogens with zero attached hydrogens (tertiary/aromatic N) is 4. The summed E-state index contributed by atoms with van der Waals surface area (Å²) < 4.78 is 5.24. The first kappa shape index (κ1) is 23.7. The molecule has 0 bridgehead atoms. The summed E-state index contributed by atoms with van der Waals surface area (Å²) in [6.45, 7) is 5.58. The number of hydrogen-bond acceptors (Lipinski definition) is 6. The minimum atomic E-state index is -1.07. The Bertz CT molecular complexity index is 1140. The molecule has 1 unspecified atom stereocenters. The molecule has 8 heteroatoms. The Morgan fingerprint density at radius 2 is 1.88 bits per heavy atom. The molecule has 0 spiro atoms. The van der Waals surface area contributed by atoms with E-state index < -0.39 is 17.7 Å². The lowest BCUT2D eigenvalue weighted by Crippen LogP contribution is -2.50. The van der Waals surface area contributed by atoms with Gasteiger partial charge in [0.15, 0.2) is 0 Å². The van der Waals surface area contributed by atoms with Crippen molar-refractivity contribution in [3.8, 4) is 11.8 Å². The van der Waals surface area contributed by atoms with Gasteiger partial charge in [-0.1, -0.05) is 30.3 Å². The summed E-state index contributed by atoms with van der Waals surface area (Å²) in [5, 5.41) is 20.0. The molecule has 1 N–H and O–H groups in total. The highest BCUT2D eigenvalue weighted by Crippen LogP contribution is 2.30. The van der Waals surface area contributed by atoms with E-state index in [4.69, 9.17) is 4.74 Å². The normalized spacial score (nSPS) is 18.6. The first-order valence-corrected chi connectivity index (χ1v) is 11.4. The Kier molecular flexibility index (Phi) is 6.60. The molecular weight excluding hydrogens is 432 g/mol. The molecule has 2 aromatic carbocycles. The van der Waals surface area contributed by atoms with Crippen LogP contribution in [0.1, 0.15) is 36.1 Å². The maximum atomic E-state index is 13.2. The van der Waals surface area contributed by atoms with Crippen LogP contribution in [0.5, 0.6) is 5.75 Å². The smallest absolute Gasteiger partial charge is 0.328 e. The molecule has 8 nitrogen and oxygen atoms in total. The molecule has 0 aliphatic carbocycles. The SMILES string of the molecule is COc1cc(CN2C(=O)N(CC(O)CN3CCc4ccccc4C3)C(C)(C)C2=O)ccc1C#N. The lowest BCUT2D eigenvalue weighted by molar-refractivity contribution is -0.132. The third-order valence-corrected chi connectivity index (χ3v) is 6.70. The molecule has 2 heterocycles. The van der Waals surface area contributed by atoms with Crippen molar-refractivity contribution >= 4 is 11.9 Å².